The van der Waals surface area contributed by atoms with Crippen LogP contribution in [0, 0.1) is 0 Å². The van der Waals surface area contributed by atoms with Gasteiger partial charge in [0.05, 0.1) is 19.6 Å². The highest BCUT2D eigenvalue weighted by Crippen LogP contribution is 2.26. The van der Waals surface area contributed by atoms with Gasteiger partial charge >= 0.3 is 11.9 Å². The molecule has 0 spiro atoms. The van der Waals surface area contributed by atoms with Crippen LogP contribution in [0.3, 0.4) is 0 Å². The van der Waals surface area contributed by atoms with Gasteiger partial charge in [0.25, 0.3) is 0 Å². The highest BCUT2D eigenvalue weighted by Gasteiger charge is 2.20. The number of aliphatic imine (C=N–C) groups is 1. The first-order chi connectivity index (χ1) is 11.4. The Balaban J connectivity index is 3.10. The summed E-state index contributed by atoms with van der Waals surface area (Å²) < 4.78 is 4.79. The Labute approximate surface area is 138 Å². The number of rotatable bonds is 8. The zero-order valence-electron chi connectivity index (χ0n) is 13.3. The van der Waals surface area contributed by atoms with Crippen molar-refractivity contribution in [2.45, 2.75) is 32.9 Å². The molecule has 0 saturated heterocycles. The average Bonchev–Trinajstić information content (AvgIpc) is 2.52. The van der Waals surface area contributed by atoms with Crippen molar-refractivity contribution in [3.63, 3.8) is 0 Å². The minimum absolute atomic E-state index is 0.109. The van der Waals surface area contributed by atoms with Gasteiger partial charge in [0.1, 0.15) is 5.75 Å². The molecule has 0 aliphatic heterocycles. The molecule has 0 amide bonds. The van der Waals surface area contributed by atoms with E-state index in [1.54, 1.807) is 6.92 Å². The molecule has 24 heavy (non-hydrogen) atoms. The van der Waals surface area contributed by atoms with Crippen LogP contribution >= 0.6 is 0 Å². The highest BCUT2D eigenvalue weighted by atomic mass is 16.5. The molecule has 0 radical (unpaired) electrons. The standard InChI is InChI=1S/C15H18N4O5/c1-3-24-13(21)6-9(2)18-14(15(22)23)10-4-5-12(20)11(7-10)8-17-19-16/h4-5,7,14,20H,3,6,8H2,1-2H3,(H,22,23). The minimum Gasteiger partial charge on any atom is -0.508 e. The third-order valence-electron chi connectivity index (χ3n) is 3.01. The Bertz CT molecular complexity index is 695. The molecule has 9 nitrogen and oxygen atoms in total. The van der Waals surface area contributed by atoms with Crippen molar-refractivity contribution in [3.05, 3.63) is 39.8 Å². The van der Waals surface area contributed by atoms with Gasteiger partial charge in [-0.3, -0.25) is 9.79 Å². The molecule has 1 atom stereocenters. The summed E-state index contributed by atoms with van der Waals surface area (Å²) in [7, 11) is 0. The van der Waals surface area contributed by atoms with Crippen LogP contribution < -0.4 is 0 Å². The van der Waals surface area contributed by atoms with E-state index >= 15 is 0 Å². The summed E-state index contributed by atoms with van der Waals surface area (Å²) in [5.41, 5.74) is 9.24. The molecular formula is C15H18N4O5. The first kappa shape index (κ1) is 19.0. The van der Waals surface area contributed by atoms with Gasteiger partial charge < -0.3 is 14.9 Å². The van der Waals surface area contributed by atoms with Crippen molar-refractivity contribution in [1.82, 2.24) is 0 Å². The maximum atomic E-state index is 11.5. The fraction of sp³-hybridized carbons (Fsp3) is 0.400. The quantitative estimate of drug-likeness (QED) is 0.247. The Morgan fingerprint density at radius 2 is 2.12 bits per heavy atom. The monoisotopic (exact) mass is 334 g/mol. The number of ether oxygens (including phenoxy) is 1. The summed E-state index contributed by atoms with van der Waals surface area (Å²) in [6.07, 6.45) is -0.110. The van der Waals surface area contributed by atoms with Crippen molar-refractivity contribution in [3.8, 4) is 5.75 Å². The van der Waals surface area contributed by atoms with E-state index < -0.39 is 18.0 Å². The molecule has 128 valence electrons. The van der Waals surface area contributed by atoms with Gasteiger partial charge in [0.15, 0.2) is 6.04 Å². The number of esters is 1. The molecule has 1 aromatic carbocycles. The molecule has 1 unspecified atom stereocenters. The van der Waals surface area contributed by atoms with Crippen LogP contribution in [0.4, 0.5) is 0 Å². The van der Waals surface area contributed by atoms with Crippen LogP contribution in [0.5, 0.6) is 5.75 Å². The van der Waals surface area contributed by atoms with Gasteiger partial charge in [-0.05, 0) is 42.6 Å². The molecule has 1 rings (SSSR count). The van der Waals surface area contributed by atoms with Crippen LogP contribution in [-0.4, -0.2) is 34.5 Å². The number of carboxylic acid groups (broad SMARTS) is 1. The maximum absolute atomic E-state index is 11.5. The second-order valence-electron chi connectivity index (χ2n) is 4.86. The van der Waals surface area contributed by atoms with E-state index in [1.807, 2.05) is 0 Å². The van der Waals surface area contributed by atoms with Crippen LogP contribution in [0.1, 0.15) is 37.4 Å². The number of aliphatic carboxylic acids is 1. The van der Waals surface area contributed by atoms with E-state index in [9.17, 15) is 19.8 Å². The minimum atomic E-state index is -1.25. The molecule has 0 aromatic heterocycles. The topological polar surface area (TPSA) is 145 Å². The zero-order chi connectivity index (χ0) is 18.1. The number of nitrogens with zero attached hydrogens (tertiary/aromatic N) is 4. The highest BCUT2D eigenvalue weighted by molar-refractivity contribution is 5.98. The Morgan fingerprint density at radius 1 is 1.42 bits per heavy atom. The lowest BCUT2D eigenvalue weighted by molar-refractivity contribution is -0.142. The summed E-state index contributed by atoms with van der Waals surface area (Å²) in [6, 6.07) is 2.88. The number of phenolic OH excluding ortho intramolecular Hbond substituents is 1. The van der Waals surface area contributed by atoms with Gasteiger partial charge in [-0.15, -0.1) is 0 Å². The van der Waals surface area contributed by atoms with Crippen molar-refractivity contribution in [2.75, 3.05) is 6.61 Å². The smallest absolute Gasteiger partial charge is 0.333 e. The Morgan fingerprint density at radius 3 is 2.71 bits per heavy atom. The molecule has 9 heteroatoms. The van der Waals surface area contributed by atoms with Crippen LogP contribution in [0.2, 0.25) is 0 Å². The van der Waals surface area contributed by atoms with Gasteiger partial charge in [0, 0.05) is 10.6 Å². The molecule has 0 aliphatic rings. The van der Waals surface area contributed by atoms with E-state index in [2.05, 4.69) is 15.0 Å². The number of aromatic hydroxyl groups is 1. The third-order valence-corrected chi connectivity index (χ3v) is 3.01. The van der Waals surface area contributed by atoms with E-state index in [0.717, 1.165) is 0 Å². The summed E-state index contributed by atoms with van der Waals surface area (Å²) >= 11 is 0. The van der Waals surface area contributed by atoms with Gasteiger partial charge in [-0.1, -0.05) is 11.2 Å². The number of hydrogen-bond acceptors (Lipinski definition) is 6. The average molecular weight is 334 g/mol. The Kier molecular flexibility index (Phi) is 7.25. The lowest BCUT2D eigenvalue weighted by Gasteiger charge is -2.12. The van der Waals surface area contributed by atoms with Crippen LogP contribution in [0.15, 0.2) is 28.3 Å². The summed E-state index contributed by atoms with van der Waals surface area (Å²) in [5, 5.41) is 22.4. The zero-order valence-corrected chi connectivity index (χ0v) is 13.3. The molecule has 0 aliphatic carbocycles. The summed E-state index contributed by atoms with van der Waals surface area (Å²) in [6.45, 7) is 3.32. The first-order valence-corrected chi connectivity index (χ1v) is 7.13. The summed E-state index contributed by atoms with van der Waals surface area (Å²) in [5.74, 6) is -1.81. The van der Waals surface area contributed by atoms with E-state index in [4.69, 9.17) is 10.3 Å². The second kappa shape index (κ2) is 9.16. The normalized spacial score (nSPS) is 12.2. The van der Waals surface area contributed by atoms with Crippen LogP contribution in [-0.2, 0) is 20.9 Å². The first-order valence-electron chi connectivity index (χ1n) is 7.13. The number of phenols is 1. The predicted molar refractivity (Wildman–Crippen MR) is 85.7 cm³/mol. The second-order valence-corrected chi connectivity index (χ2v) is 4.86. The van der Waals surface area contributed by atoms with E-state index in [1.165, 1.54) is 25.1 Å². The Hall–Kier alpha value is -3.06. The number of carbonyl (C=O) groups excluding carboxylic acids is 1. The van der Waals surface area contributed by atoms with Crippen LogP contribution in [0.25, 0.3) is 10.4 Å². The van der Waals surface area contributed by atoms with Crippen molar-refractivity contribution < 1.29 is 24.5 Å². The number of benzene rings is 1. The largest absolute Gasteiger partial charge is 0.508 e. The fourth-order valence-electron chi connectivity index (χ4n) is 1.97. The van der Waals surface area contributed by atoms with Gasteiger partial charge in [-0.2, -0.15) is 0 Å². The molecular weight excluding hydrogens is 316 g/mol. The van der Waals surface area contributed by atoms with E-state index in [0.29, 0.717) is 11.3 Å². The third kappa shape index (κ3) is 5.62. The molecule has 1 aromatic rings. The van der Waals surface area contributed by atoms with Gasteiger partial charge in [-0.25, -0.2) is 4.79 Å². The molecule has 0 saturated carbocycles. The SMILES string of the molecule is CCOC(=O)CC(C)=NC(C(=O)O)c1ccc(O)c(CN=[N+]=[N-])c1. The van der Waals surface area contributed by atoms with Crippen molar-refractivity contribution in [2.24, 2.45) is 10.1 Å². The molecule has 0 heterocycles. The number of hydrogen-bond donors (Lipinski definition) is 2. The summed E-state index contributed by atoms with van der Waals surface area (Å²) in [4.78, 5) is 29.6. The lowest BCUT2D eigenvalue weighted by Crippen LogP contribution is -2.14. The number of azide groups is 1. The molecule has 0 bridgehead atoms. The van der Waals surface area contributed by atoms with Crippen molar-refractivity contribution >= 4 is 17.7 Å². The van der Waals surface area contributed by atoms with Crippen molar-refractivity contribution in [1.29, 1.82) is 0 Å². The maximum Gasteiger partial charge on any atom is 0.333 e. The van der Waals surface area contributed by atoms with E-state index in [-0.39, 0.29) is 30.9 Å². The number of carboxylic acids is 1. The molecule has 0 fully saturated rings. The number of carbonyl (C=O) groups is 2. The molecule has 2 N–H and O–H groups in total. The van der Waals surface area contributed by atoms with Gasteiger partial charge in [0.2, 0.25) is 0 Å². The lowest BCUT2D eigenvalue weighted by atomic mass is 10.0. The predicted octanol–water partition coefficient (Wildman–Crippen LogP) is 2.74. The fourth-order valence-corrected chi connectivity index (χ4v) is 1.97.